The van der Waals surface area contributed by atoms with Gasteiger partial charge in [0.25, 0.3) is 0 Å². The molecule has 0 aliphatic heterocycles. The summed E-state index contributed by atoms with van der Waals surface area (Å²) in [6, 6.07) is 7.86. The SMILES string of the molecule is COc1cc(OC)c(C2C(C)[C@@H](C)[C@H]2c2cc(OC)c(OC)cc2OC)cc1OC. The summed E-state index contributed by atoms with van der Waals surface area (Å²) in [5.41, 5.74) is 2.20. The Bertz CT molecular complexity index is 820. The minimum atomic E-state index is 0.224. The lowest BCUT2D eigenvalue weighted by Gasteiger charge is -2.50. The van der Waals surface area contributed by atoms with Gasteiger partial charge in [-0.1, -0.05) is 13.8 Å². The van der Waals surface area contributed by atoms with E-state index in [1.54, 1.807) is 42.7 Å². The van der Waals surface area contributed by atoms with Gasteiger partial charge in [0.15, 0.2) is 23.0 Å². The van der Waals surface area contributed by atoms with Crippen molar-refractivity contribution in [1.29, 1.82) is 0 Å². The van der Waals surface area contributed by atoms with Crippen LogP contribution in [0.3, 0.4) is 0 Å². The molecular weight excluding hydrogens is 384 g/mol. The van der Waals surface area contributed by atoms with E-state index in [0.29, 0.717) is 34.8 Å². The summed E-state index contributed by atoms with van der Waals surface area (Å²) < 4.78 is 33.5. The van der Waals surface area contributed by atoms with E-state index in [1.807, 2.05) is 24.3 Å². The van der Waals surface area contributed by atoms with Crippen LogP contribution in [0.2, 0.25) is 0 Å². The van der Waals surface area contributed by atoms with E-state index in [2.05, 4.69) is 13.8 Å². The lowest BCUT2D eigenvalue weighted by molar-refractivity contribution is 0.117. The molecule has 1 aliphatic rings. The Morgan fingerprint density at radius 2 is 0.700 bits per heavy atom. The molecule has 1 saturated carbocycles. The molecule has 0 aromatic heterocycles. The van der Waals surface area contributed by atoms with Crippen LogP contribution in [0, 0.1) is 11.8 Å². The molecule has 3 rings (SSSR count). The Hall–Kier alpha value is -2.76. The lowest BCUT2D eigenvalue weighted by atomic mass is 9.53. The third kappa shape index (κ3) is 3.48. The van der Waals surface area contributed by atoms with Crippen LogP contribution in [-0.2, 0) is 0 Å². The molecule has 0 heterocycles. The van der Waals surface area contributed by atoms with Gasteiger partial charge in [-0.05, 0) is 35.8 Å². The normalized spacial score (nSPS) is 22.7. The van der Waals surface area contributed by atoms with Crippen molar-refractivity contribution < 1.29 is 28.4 Å². The first kappa shape index (κ1) is 21.9. The van der Waals surface area contributed by atoms with E-state index >= 15 is 0 Å². The number of benzene rings is 2. The van der Waals surface area contributed by atoms with Crippen LogP contribution in [0.4, 0.5) is 0 Å². The van der Waals surface area contributed by atoms with Crippen LogP contribution in [-0.4, -0.2) is 42.7 Å². The number of ether oxygens (including phenoxy) is 6. The molecule has 4 atom stereocenters. The smallest absolute Gasteiger partial charge is 0.164 e. The van der Waals surface area contributed by atoms with Gasteiger partial charge in [-0.3, -0.25) is 0 Å². The second kappa shape index (κ2) is 8.94. The fraction of sp³-hybridized carbons (Fsp3) is 0.500. The molecule has 2 aromatic carbocycles. The van der Waals surface area contributed by atoms with Gasteiger partial charge in [0.1, 0.15) is 11.5 Å². The minimum absolute atomic E-state index is 0.224. The summed E-state index contributed by atoms with van der Waals surface area (Å²) >= 11 is 0. The zero-order chi connectivity index (χ0) is 22.0. The first-order chi connectivity index (χ1) is 14.4. The molecule has 0 spiro atoms. The van der Waals surface area contributed by atoms with Crippen molar-refractivity contribution in [3.8, 4) is 34.5 Å². The summed E-state index contributed by atoms with van der Waals surface area (Å²) in [7, 11) is 9.92. The molecule has 0 bridgehead atoms. The average Bonchev–Trinajstić information content (AvgIpc) is 2.79. The van der Waals surface area contributed by atoms with E-state index in [4.69, 9.17) is 28.4 Å². The van der Waals surface area contributed by atoms with E-state index in [-0.39, 0.29) is 11.8 Å². The van der Waals surface area contributed by atoms with Crippen LogP contribution >= 0.6 is 0 Å². The Morgan fingerprint density at radius 3 is 0.967 bits per heavy atom. The molecule has 6 nitrogen and oxygen atoms in total. The first-order valence-corrected chi connectivity index (χ1v) is 10.0. The van der Waals surface area contributed by atoms with Crippen LogP contribution in [0.5, 0.6) is 34.5 Å². The van der Waals surface area contributed by atoms with E-state index in [9.17, 15) is 0 Å². The lowest BCUT2D eigenvalue weighted by Crippen LogP contribution is -2.40. The van der Waals surface area contributed by atoms with Crippen molar-refractivity contribution >= 4 is 0 Å². The van der Waals surface area contributed by atoms with E-state index in [0.717, 1.165) is 22.6 Å². The third-order valence-electron chi connectivity index (χ3n) is 6.54. The average molecular weight is 417 g/mol. The summed E-state index contributed by atoms with van der Waals surface area (Å²) in [5.74, 6) is 5.61. The highest BCUT2D eigenvalue weighted by Gasteiger charge is 2.49. The Labute approximate surface area is 179 Å². The molecule has 1 fully saturated rings. The summed E-state index contributed by atoms with van der Waals surface area (Å²) in [6.45, 7) is 4.55. The topological polar surface area (TPSA) is 55.4 Å². The fourth-order valence-corrected chi connectivity index (χ4v) is 4.74. The monoisotopic (exact) mass is 416 g/mol. The summed E-state index contributed by atoms with van der Waals surface area (Å²) in [5, 5.41) is 0. The van der Waals surface area contributed by atoms with Gasteiger partial charge in [0, 0.05) is 23.3 Å². The van der Waals surface area contributed by atoms with Gasteiger partial charge in [-0.15, -0.1) is 0 Å². The van der Waals surface area contributed by atoms with Gasteiger partial charge in [-0.25, -0.2) is 0 Å². The molecule has 30 heavy (non-hydrogen) atoms. The van der Waals surface area contributed by atoms with Crippen LogP contribution in [0.15, 0.2) is 24.3 Å². The number of hydrogen-bond donors (Lipinski definition) is 0. The summed E-state index contributed by atoms with van der Waals surface area (Å²) in [6.07, 6.45) is 0. The van der Waals surface area contributed by atoms with Crippen molar-refractivity contribution in [3.05, 3.63) is 35.4 Å². The Morgan fingerprint density at radius 1 is 0.433 bits per heavy atom. The third-order valence-corrected chi connectivity index (χ3v) is 6.54. The second-order valence-electron chi connectivity index (χ2n) is 7.67. The van der Waals surface area contributed by atoms with Gasteiger partial charge < -0.3 is 28.4 Å². The molecule has 0 radical (unpaired) electrons. The van der Waals surface area contributed by atoms with Gasteiger partial charge >= 0.3 is 0 Å². The fourth-order valence-electron chi connectivity index (χ4n) is 4.74. The maximum Gasteiger partial charge on any atom is 0.164 e. The second-order valence-corrected chi connectivity index (χ2v) is 7.67. The first-order valence-electron chi connectivity index (χ1n) is 10.0. The van der Waals surface area contributed by atoms with Gasteiger partial charge in [0.05, 0.1) is 42.7 Å². The molecule has 2 unspecified atom stereocenters. The van der Waals surface area contributed by atoms with Crippen molar-refractivity contribution in [1.82, 2.24) is 0 Å². The molecule has 164 valence electrons. The standard InChI is InChI=1S/C24H32O6/c1-13-14(2)24(16-10-20(28-6)22(30-8)12-18(16)26-4)23(13)15-9-19(27-5)21(29-7)11-17(15)25-3/h9-14,23-24H,1-8H3/t13-,14?,23+,24?/m1/s1. The summed E-state index contributed by atoms with van der Waals surface area (Å²) in [4.78, 5) is 0. The predicted octanol–water partition coefficient (Wildman–Crippen LogP) is 4.89. The number of rotatable bonds is 8. The molecule has 0 saturated heterocycles. The number of hydrogen-bond acceptors (Lipinski definition) is 6. The maximum atomic E-state index is 5.74. The van der Waals surface area contributed by atoms with E-state index < -0.39 is 0 Å². The predicted molar refractivity (Wildman–Crippen MR) is 116 cm³/mol. The van der Waals surface area contributed by atoms with Crippen molar-refractivity contribution in [2.75, 3.05) is 42.7 Å². The zero-order valence-corrected chi connectivity index (χ0v) is 19.1. The Balaban J connectivity index is 2.14. The maximum absolute atomic E-state index is 5.74. The van der Waals surface area contributed by atoms with E-state index in [1.165, 1.54) is 0 Å². The molecule has 6 heteroatoms. The largest absolute Gasteiger partial charge is 0.496 e. The molecular formula is C24H32O6. The van der Waals surface area contributed by atoms with Gasteiger partial charge in [0.2, 0.25) is 0 Å². The molecule has 0 amide bonds. The van der Waals surface area contributed by atoms with Crippen LogP contribution in [0.25, 0.3) is 0 Å². The Kier molecular flexibility index (Phi) is 6.54. The molecule has 2 aromatic rings. The van der Waals surface area contributed by atoms with Crippen molar-refractivity contribution in [2.45, 2.75) is 25.7 Å². The molecule has 0 N–H and O–H groups in total. The molecule has 1 aliphatic carbocycles. The van der Waals surface area contributed by atoms with Crippen LogP contribution in [0.1, 0.15) is 36.8 Å². The minimum Gasteiger partial charge on any atom is -0.496 e. The highest BCUT2D eigenvalue weighted by Crippen LogP contribution is 2.61. The number of methoxy groups -OCH3 is 6. The van der Waals surface area contributed by atoms with Gasteiger partial charge in [-0.2, -0.15) is 0 Å². The highest BCUT2D eigenvalue weighted by molar-refractivity contribution is 5.57. The van der Waals surface area contributed by atoms with Crippen LogP contribution < -0.4 is 28.4 Å². The quantitative estimate of drug-likeness (QED) is 0.611. The van der Waals surface area contributed by atoms with Crippen molar-refractivity contribution in [2.24, 2.45) is 11.8 Å². The van der Waals surface area contributed by atoms with Crippen molar-refractivity contribution in [3.63, 3.8) is 0 Å². The zero-order valence-electron chi connectivity index (χ0n) is 19.1. The highest BCUT2D eigenvalue weighted by atomic mass is 16.5.